The van der Waals surface area contributed by atoms with Crippen LogP contribution in [0.15, 0.2) is 17.5 Å². The summed E-state index contributed by atoms with van der Waals surface area (Å²) in [4.78, 5) is 13.0. The van der Waals surface area contributed by atoms with Gasteiger partial charge in [0.1, 0.15) is 0 Å². The van der Waals surface area contributed by atoms with E-state index in [0.29, 0.717) is 13.0 Å². The Morgan fingerprint density at radius 2 is 2.17 bits per heavy atom. The highest BCUT2D eigenvalue weighted by molar-refractivity contribution is 7.09. The van der Waals surface area contributed by atoms with Gasteiger partial charge in [-0.2, -0.15) is 0 Å². The standard InChI is InChI=1S/C14H21NO2S/c15-14(7-2-1-3-8-14)11-13(16)17-9-6-12-5-4-10-18-12/h4-5,10H,1-3,6-9,11,15H2. The van der Waals surface area contributed by atoms with Crippen molar-refractivity contribution < 1.29 is 9.53 Å². The molecule has 0 atom stereocenters. The Balaban J connectivity index is 1.68. The highest BCUT2D eigenvalue weighted by atomic mass is 32.1. The lowest BCUT2D eigenvalue weighted by molar-refractivity contribution is -0.145. The van der Waals surface area contributed by atoms with E-state index in [4.69, 9.17) is 10.5 Å². The summed E-state index contributed by atoms with van der Waals surface area (Å²) in [5, 5.41) is 2.04. The summed E-state index contributed by atoms with van der Waals surface area (Å²) in [5.41, 5.74) is 5.92. The number of ether oxygens (including phenoxy) is 1. The Bertz CT molecular complexity index is 369. The largest absolute Gasteiger partial charge is 0.465 e. The lowest BCUT2D eigenvalue weighted by atomic mass is 9.80. The van der Waals surface area contributed by atoms with Gasteiger partial charge in [0.2, 0.25) is 0 Å². The van der Waals surface area contributed by atoms with Crippen LogP contribution in [0.4, 0.5) is 0 Å². The van der Waals surface area contributed by atoms with Gasteiger partial charge in [-0.1, -0.05) is 25.3 Å². The van der Waals surface area contributed by atoms with Crippen molar-refractivity contribution in [2.24, 2.45) is 5.73 Å². The fraction of sp³-hybridized carbons (Fsp3) is 0.643. The summed E-state index contributed by atoms with van der Waals surface area (Å²) in [6, 6.07) is 4.07. The van der Waals surface area contributed by atoms with Gasteiger partial charge in [0.25, 0.3) is 0 Å². The van der Waals surface area contributed by atoms with Crippen LogP contribution >= 0.6 is 11.3 Å². The maximum absolute atomic E-state index is 11.7. The average Bonchev–Trinajstić information content (AvgIpc) is 2.82. The van der Waals surface area contributed by atoms with Gasteiger partial charge in [-0.25, -0.2) is 0 Å². The summed E-state index contributed by atoms with van der Waals surface area (Å²) in [6.45, 7) is 0.468. The monoisotopic (exact) mass is 267 g/mol. The Morgan fingerprint density at radius 1 is 1.39 bits per heavy atom. The minimum atomic E-state index is -0.307. The second-order valence-electron chi connectivity index (χ2n) is 5.15. The number of rotatable bonds is 5. The smallest absolute Gasteiger partial charge is 0.307 e. The SMILES string of the molecule is NC1(CC(=O)OCCc2cccs2)CCCCC1. The van der Waals surface area contributed by atoms with E-state index in [-0.39, 0.29) is 11.5 Å². The van der Waals surface area contributed by atoms with Crippen LogP contribution in [0, 0.1) is 0 Å². The van der Waals surface area contributed by atoms with Crippen molar-refractivity contribution in [3.8, 4) is 0 Å². The third-order valence-corrected chi connectivity index (χ3v) is 4.47. The van der Waals surface area contributed by atoms with Gasteiger partial charge in [-0.3, -0.25) is 4.79 Å². The van der Waals surface area contributed by atoms with Crippen LogP contribution in [0.2, 0.25) is 0 Å². The van der Waals surface area contributed by atoms with Gasteiger partial charge in [-0.15, -0.1) is 11.3 Å². The molecule has 0 radical (unpaired) electrons. The third kappa shape index (κ3) is 4.10. The van der Waals surface area contributed by atoms with Gasteiger partial charge in [-0.05, 0) is 24.3 Å². The molecule has 1 aliphatic rings. The highest BCUT2D eigenvalue weighted by Gasteiger charge is 2.30. The van der Waals surface area contributed by atoms with E-state index < -0.39 is 0 Å². The van der Waals surface area contributed by atoms with Gasteiger partial charge in [0.15, 0.2) is 0 Å². The van der Waals surface area contributed by atoms with Crippen LogP contribution in [-0.2, 0) is 16.0 Å². The highest BCUT2D eigenvalue weighted by Crippen LogP contribution is 2.28. The first kappa shape index (κ1) is 13.6. The summed E-state index contributed by atoms with van der Waals surface area (Å²) >= 11 is 1.69. The van der Waals surface area contributed by atoms with E-state index in [9.17, 15) is 4.79 Å². The molecule has 0 unspecified atom stereocenters. The molecular formula is C14H21NO2S. The van der Waals surface area contributed by atoms with Crippen molar-refractivity contribution in [3.63, 3.8) is 0 Å². The first-order valence-electron chi connectivity index (χ1n) is 6.65. The fourth-order valence-electron chi connectivity index (χ4n) is 2.49. The quantitative estimate of drug-likeness (QED) is 0.835. The summed E-state index contributed by atoms with van der Waals surface area (Å²) in [6.07, 6.45) is 6.60. The van der Waals surface area contributed by atoms with Crippen LogP contribution in [-0.4, -0.2) is 18.1 Å². The molecule has 0 amide bonds. The van der Waals surface area contributed by atoms with Gasteiger partial charge in [0.05, 0.1) is 13.0 Å². The number of nitrogens with two attached hydrogens (primary N) is 1. The number of hydrogen-bond donors (Lipinski definition) is 1. The molecule has 3 nitrogen and oxygen atoms in total. The molecule has 0 aromatic carbocycles. The minimum absolute atomic E-state index is 0.143. The first-order chi connectivity index (χ1) is 8.68. The third-order valence-electron chi connectivity index (χ3n) is 3.54. The van der Waals surface area contributed by atoms with Crippen molar-refractivity contribution in [3.05, 3.63) is 22.4 Å². The van der Waals surface area contributed by atoms with Gasteiger partial charge >= 0.3 is 5.97 Å². The number of carbonyl (C=O) groups excluding carboxylic acids is 1. The number of carbonyl (C=O) groups is 1. The van der Waals surface area contributed by atoms with E-state index in [1.54, 1.807) is 11.3 Å². The molecule has 2 N–H and O–H groups in total. The predicted octanol–water partition coefficient (Wildman–Crippen LogP) is 2.89. The second-order valence-corrected chi connectivity index (χ2v) is 6.18. The number of hydrogen-bond acceptors (Lipinski definition) is 4. The zero-order valence-electron chi connectivity index (χ0n) is 10.7. The molecule has 4 heteroatoms. The van der Waals surface area contributed by atoms with Crippen molar-refractivity contribution in [2.45, 2.75) is 50.5 Å². The van der Waals surface area contributed by atoms with Crippen molar-refractivity contribution in [1.29, 1.82) is 0 Å². The topological polar surface area (TPSA) is 52.3 Å². The average molecular weight is 267 g/mol. The zero-order valence-corrected chi connectivity index (χ0v) is 11.5. The summed E-state index contributed by atoms with van der Waals surface area (Å²) < 4.78 is 5.27. The van der Waals surface area contributed by atoms with Crippen LogP contribution in [0.5, 0.6) is 0 Å². The fourth-order valence-corrected chi connectivity index (χ4v) is 3.18. The Morgan fingerprint density at radius 3 is 2.83 bits per heavy atom. The van der Waals surface area contributed by atoms with Crippen molar-refractivity contribution in [2.75, 3.05) is 6.61 Å². The van der Waals surface area contributed by atoms with Crippen molar-refractivity contribution >= 4 is 17.3 Å². The van der Waals surface area contributed by atoms with E-state index in [0.717, 1.165) is 32.1 Å². The molecule has 18 heavy (non-hydrogen) atoms. The molecule has 0 aliphatic heterocycles. The molecule has 0 saturated heterocycles. The van der Waals surface area contributed by atoms with E-state index >= 15 is 0 Å². The van der Waals surface area contributed by atoms with Crippen LogP contribution in [0.25, 0.3) is 0 Å². The van der Waals surface area contributed by atoms with E-state index in [1.165, 1.54) is 11.3 Å². The lowest BCUT2D eigenvalue weighted by Crippen LogP contribution is -2.44. The van der Waals surface area contributed by atoms with E-state index in [2.05, 4.69) is 6.07 Å². The minimum Gasteiger partial charge on any atom is -0.465 e. The first-order valence-corrected chi connectivity index (χ1v) is 7.53. The molecule has 1 aromatic heterocycles. The predicted molar refractivity (Wildman–Crippen MR) is 73.6 cm³/mol. The van der Waals surface area contributed by atoms with Crippen molar-refractivity contribution in [1.82, 2.24) is 0 Å². The summed E-state index contributed by atoms with van der Waals surface area (Å²) in [5.74, 6) is -0.143. The summed E-state index contributed by atoms with van der Waals surface area (Å²) in [7, 11) is 0. The number of esters is 1. The molecule has 2 rings (SSSR count). The Labute approximate surface area is 112 Å². The molecular weight excluding hydrogens is 246 g/mol. The second kappa shape index (κ2) is 6.34. The molecule has 1 fully saturated rings. The normalized spacial score (nSPS) is 18.5. The molecule has 1 saturated carbocycles. The van der Waals surface area contributed by atoms with Crippen LogP contribution in [0.3, 0.4) is 0 Å². The maximum atomic E-state index is 11.7. The molecule has 100 valence electrons. The maximum Gasteiger partial charge on any atom is 0.307 e. The Hall–Kier alpha value is -0.870. The molecule has 1 aromatic rings. The molecule has 0 spiro atoms. The number of thiophene rings is 1. The van der Waals surface area contributed by atoms with Gasteiger partial charge in [0, 0.05) is 16.8 Å². The lowest BCUT2D eigenvalue weighted by Gasteiger charge is -2.32. The zero-order chi connectivity index (χ0) is 12.8. The molecule has 1 aliphatic carbocycles. The Kier molecular flexibility index (Phi) is 4.78. The van der Waals surface area contributed by atoms with E-state index in [1.807, 2.05) is 11.4 Å². The molecule has 0 bridgehead atoms. The molecule has 1 heterocycles. The van der Waals surface area contributed by atoms with Crippen LogP contribution < -0.4 is 5.73 Å². The van der Waals surface area contributed by atoms with Gasteiger partial charge < -0.3 is 10.5 Å². The van der Waals surface area contributed by atoms with Crippen LogP contribution in [0.1, 0.15) is 43.4 Å².